The third kappa shape index (κ3) is 2.46. The van der Waals surface area contributed by atoms with Gasteiger partial charge in [-0.05, 0) is 35.4 Å². The van der Waals surface area contributed by atoms with Crippen LogP contribution in [-0.2, 0) is 0 Å². The Bertz CT molecular complexity index is 793. The van der Waals surface area contributed by atoms with Crippen molar-refractivity contribution < 1.29 is 4.42 Å². The molecule has 0 spiro atoms. The summed E-state index contributed by atoms with van der Waals surface area (Å²) in [5, 5.41) is 0.691. The first-order chi connectivity index (χ1) is 9.13. The number of hydrogen-bond acceptors (Lipinski definition) is 2. The first-order valence-corrected chi connectivity index (χ1v) is 6.95. The average Bonchev–Trinajstić information content (AvgIpc) is 2.76. The van der Waals surface area contributed by atoms with Crippen molar-refractivity contribution in [3.63, 3.8) is 0 Å². The second-order valence-corrected chi connectivity index (χ2v) is 5.54. The number of fused-ring (bicyclic) bond motifs is 1. The number of aromatic amines is 1. The quantitative estimate of drug-likeness (QED) is 0.710. The molecule has 5 heteroatoms. The number of benzene rings is 2. The van der Waals surface area contributed by atoms with Crippen LogP contribution in [0.15, 0.2) is 51.7 Å². The second-order valence-electron chi connectivity index (χ2n) is 4.19. The molecule has 0 radical (unpaired) electrons. The van der Waals surface area contributed by atoms with Gasteiger partial charge in [0, 0.05) is 5.02 Å². The van der Waals surface area contributed by atoms with Gasteiger partial charge in [-0.2, -0.15) is 0 Å². The van der Waals surface area contributed by atoms with Crippen molar-refractivity contribution in [1.82, 2.24) is 4.98 Å². The van der Waals surface area contributed by atoms with E-state index in [-0.39, 0.29) is 4.83 Å². The standard InChI is InChI=1S/C14H9BrClNO2/c15-13(8-2-1-3-10(16)6-8)9-4-5-11-12(7-9)19-14(18)17-11/h1-7,13H,(H,17,18). The van der Waals surface area contributed by atoms with Crippen LogP contribution in [0.25, 0.3) is 11.1 Å². The number of aromatic nitrogens is 1. The van der Waals surface area contributed by atoms with Gasteiger partial charge >= 0.3 is 5.76 Å². The molecular weight excluding hydrogens is 330 g/mol. The molecule has 0 saturated heterocycles. The highest BCUT2D eigenvalue weighted by molar-refractivity contribution is 9.09. The molecule has 1 heterocycles. The van der Waals surface area contributed by atoms with Gasteiger partial charge in [-0.25, -0.2) is 4.79 Å². The summed E-state index contributed by atoms with van der Waals surface area (Å²) in [6.07, 6.45) is 0. The number of hydrogen-bond donors (Lipinski definition) is 1. The first kappa shape index (κ1) is 12.5. The minimum Gasteiger partial charge on any atom is -0.408 e. The number of rotatable bonds is 2. The highest BCUT2D eigenvalue weighted by Crippen LogP contribution is 2.33. The molecule has 0 aliphatic heterocycles. The lowest BCUT2D eigenvalue weighted by molar-refractivity contribution is 0.555. The van der Waals surface area contributed by atoms with Gasteiger partial charge in [0.2, 0.25) is 0 Å². The monoisotopic (exact) mass is 337 g/mol. The molecular formula is C14H9BrClNO2. The Morgan fingerprint density at radius 3 is 2.74 bits per heavy atom. The Balaban J connectivity index is 2.05. The number of oxazole rings is 1. The van der Waals surface area contributed by atoms with Crippen LogP contribution in [0.3, 0.4) is 0 Å². The van der Waals surface area contributed by atoms with E-state index in [1.54, 1.807) is 0 Å². The number of nitrogens with one attached hydrogen (secondary N) is 1. The Morgan fingerprint density at radius 1 is 1.16 bits per heavy atom. The van der Waals surface area contributed by atoms with Gasteiger partial charge in [0.1, 0.15) is 0 Å². The van der Waals surface area contributed by atoms with Crippen LogP contribution in [0.4, 0.5) is 0 Å². The molecule has 96 valence electrons. The molecule has 1 unspecified atom stereocenters. The number of alkyl halides is 1. The first-order valence-electron chi connectivity index (χ1n) is 5.66. The fraction of sp³-hybridized carbons (Fsp3) is 0.0714. The van der Waals surface area contributed by atoms with Crippen LogP contribution in [0, 0.1) is 0 Å². The fourth-order valence-electron chi connectivity index (χ4n) is 1.98. The molecule has 3 rings (SSSR count). The zero-order valence-electron chi connectivity index (χ0n) is 9.69. The van der Waals surface area contributed by atoms with Gasteiger partial charge < -0.3 is 4.42 Å². The van der Waals surface area contributed by atoms with Crippen LogP contribution in [0.2, 0.25) is 5.02 Å². The molecule has 1 atom stereocenters. The lowest BCUT2D eigenvalue weighted by Crippen LogP contribution is -1.92. The molecule has 3 nitrogen and oxygen atoms in total. The largest absolute Gasteiger partial charge is 0.417 e. The molecule has 1 N–H and O–H groups in total. The zero-order chi connectivity index (χ0) is 13.4. The predicted molar refractivity (Wildman–Crippen MR) is 79.1 cm³/mol. The molecule has 3 aromatic rings. The van der Waals surface area contributed by atoms with Crippen LogP contribution in [-0.4, -0.2) is 4.98 Å². The van der Waals surface area contributed by atoms with E-state index in [0.29, 0.717) is 16.1 Å². The van der Waals surface area contributed by atoms with Gasteiger partial charge in [-0.3, -0.25) is 4.98 Å². The Morgan fingerprint density at radius 2 is 1.95 bits per heavy atom. The molecule has 0 bridgehead atoms. The summed E-state index contributed by atoms with van der Waals surface area (Å²) in [5.74, 6) is -0.443. The van der Waals surface area contributed by atoms with Gasteiger partial charge in [0.05, 0.1) is 10.3 Å². The molecule has 0 amide bonds. The lowest BCUT2D eigenvalue weighted by atomic mass is 10.0. The maximum absolute atomic E-state index is 11.1. The van der Waals surface area contributed by atoms with Crippen LogP contribution in [0.5, 0.6) is 0 Å². The summed E-state index contributed by atoms with van der Waals surface area (Å²) in [6, 6.07) is 13.2. The average molecular weight is 339 g/mol. The molecule has 19 heavy (non-hydrogen) atoms. The number of halogens is 2. The summed E-state index contributed by atoms with van der Waals surface area (Å²) in [5.41, 5.74) is 3.29. The maximum Gasteiger partial charge on any atom is 0.417 e. The molecule has 2 aromatic carbocycles. The van der Waals surface area contributed by atoms with E-state index in [0.717, 1.165) is 11.1 Å². The zero-order valence-corrected chi connectivity index (χ0v) is 12.0. The topological polar surface area (TPSA) is 46.0 Å². The summed E-state index contributed by atoms with van der Waals surface area (Å²) < 4.78 is 5.06. The molecule has 1 aromatic heterocycles. The molecule has 0 saturated carbocycles. The third-order valence-corrected chi connectivity index (χ3v) is 4.17. The summed E-state index contributed by atoms with van der Waals surface area (Å²) in [7, 11) is 0. The van der Waals surface area contributed by atoms with Crippen molar-refractivity contribution in [1.29, 1.82) is 0 Å². The Hall–Kier alpha value is -1.52. The van der Waals surface area contributed by atoms with Crippen LogP contribution < -0.4 is 5.76 Å². The third-order valence-electron chi connectivity index (χ3n) is 2.88. The summed E-state index contributed by atoms with van der Waals surface area (Å²) in [4.78, 5) is 13.7. The minimum atomic E-state index is -0.443. The van der Waals surface area contributed by atoms with Crippen molar-refractivity contribution >= 4 is 38.6 Å². The van der Waals surface area contributed by atoms with E-state index in [1.165, 1.54) is 0 Å². The SMILES string of the molecule is O=c1[nH]c2ccc(C(Br)c3cccc(Cl)c3)cc2o1. The highest BCUT2D eigenvalue weighted by atomic mass is 79.9. The highest BCUT2D eigenvalue weighted by Gasteiger charge is 2.12. The van der Waals surface area contributed by atoms with Gasteiger partial charge in [-0.15, -0.1) is 0 Å². The second kappa shape index (κ2) is 4.87. The molecule has 0 aliphatic carbocycles. The lowest BCUT2D eigenvalue weighted by Gasteiger charge is -2.10. The van der Waals surface area contributed by atoms with E-state index < -0.39 is 5.76 Å². The van der Waals surface area contributed by atoms with E-state index in [4.69, 9.17) is 16.0 Å². The van der Waals surface area contributed by atoms with Crippen LogP contribution in [0.1, 0.15) is 16.0 Å². The van der Waals surface area contributed by atoms with Crippen molar-refractivity contribution in [3.8, 4) is 0 Å². The van der Waals surface area contributed by atoms with E-state index in [2.05, 4.69) is 20.9 Å². The van der Waals surface area contributed by atoms with Crippen LogP contribution >= 0.6 is 27.5 Å². The van der Waals surface area contributed by atoms with Gasteiger partial charge in [0.15, 0.2) is 5.58 Å². The Labute approximate surface area is 122 Å². The van der Waals surface area contributed by atoms with E-state index in [1.807, 2.05) is 42.5 Å². The number of H-pyrrole nitrogens is 1. The van der Waals surface area contributed by atoms with Gasteiger partial charge in [0.25, 0.3) is 0 Å². The molecule has 0 aliphatic rings. The normalized spacial score (nSPS) is 12.7. The van der Waals surface area contributed by atoms with Crippen molar-refractivity contribution in [2.75, 3.05) is 0 Å². The molecule has 0 fully saturated rings. The van der Waals surface area contributed by atoms with E-state index >= 15 is 0 Å². The van der Waals surface area contributed by atoms with Crippen molar-refractivity contribution in [3.05, 3.63) is 69.2 Å². The summed E-state index contributed by atoms with van der Waals surface area (Å²) in [6.45, 7) is 0. The van der Waals surface area contributed by atoms with Crippen molar-refractivity contribution in [2.24, 2.45) is 0 Å². The smallest absolute Gasteiger partial charge is 0.408 e. The van der Waals surface area contributed by atoms with Gasteiger partial charge in [-0.1, -0.05) is 45.7 Å². The van der Waals surface area contributed by atoms with Crippen molar-refractivity contribution in [2.45, 2.75) is 4.83 Å². The minimum absolute atomic E-state index is 0.00389. The maximum atomic E-state index is 11.1. The predicted octanol–water partition coefficient (Wildman–Crippen LogP) is 4.26. The summed E-state index contributed by atoms with van der Waals surface area (Å²) >= 11 is 9.62. The van der Waals surface area contributed by atoms with E-state index in [9.17, 15) is 4.79 Å². The fourth-order valence-corrected chi connectivity index (χ4v) is 2.74. The Kier molecular flexibility index (Phi) is 3.21.